The van der Waals surface area contributed by atoms with Crippen LogP contribution in [0, 0.1) is 5.92 Å². The second-order valence-corrected chi connectivity index (χ2v) is 5.01. The van der Waals surface area contributed by atoms with E-state index in [1.165, 1.54) is 12.8 Å². The fraction of sp³-hybridized carbons (Fsp3) is 1.00. The topological polar surface area (TPSA) is 30.5 Å². The maximum Gasteiger partial charge on any atom is 0.0831 e. The van der Waals surface area contributed by atoms with Crippen LogP contribution in [0.5, 0.6) is 0 Å². The third-order valence-electron chi connectivity index (χ3n) is 3.35. The summed E-state index contributed by atoms with van der Waals surface area (Å²) in [6.45, 7) is 6.95. The van der Waals surface area contributed by atoms with Gasteiger partial charge in [0.25, 0.3) is 0 Å². The summed E-state index contributed by atoms with van der Waals surface area (Å²) >= 11 is 0. The van der Waals surface area contributed by atoms with Gasteiger partial charge in [-0.2, -0.15) is 0 Å². The summed E-state index contributed by atoms with van der Waals surface area (Å²) in [6, 6.07) is 1.12. The zero-order chi connectivity index (χ0) is 10.7. The van der Waals surface area contributed by atoms with E-state index in [0.717, 1.165) is 32.2 Å². The molecular weight excluding hydrogens is 190 g/mol. The summed E-state index contributed by atoms with van der Waals surface area (Å²) in [5.41, 5.74) is 0. The van der Waals surface area contributed by atoms with Crippen LogP contribution in [-0.4, -0.2) is 38.0 Å². The molecule has 1 aliphatic carbocycles. The molecule has 1 aliphatic heterocycles. The Labute approximate surface area is 92.5 Å². The molecule has 0 bridgehead atoms. The predicted octanol–water partition coefficient (Wildman–Crippen LogP) is 1.57. The summed E-state index contributed by atoms with van der Waals surface area (Å²) in [6.07, 6.45) is 4.20. The Balaban J connectivity index is 1.56. The van der Waals surface area contributed by atoms with Gasteiger partial charge in [0.2, 0.25) is 0 Å². The zero-order valence-electron chi connectivity index (χ0n) is 9.87. The van der Waals surface area contributed by atoms with Crippen molar-refractivity contribution in [3.63, 3.8) is 0 Å². The quantitative estimate of drug-likeness (QED) is 0.726. The van der Waals surface area contributed by atoms with Crippen molar-refractivity contribution >= 4 is 0 Å². The molecule has 0 aromatic carbocycles. The van der Waals surface area contributed by atoms with E-state index in [0.29, 0.717) is 18.2 Å². The minimum absolute atomic E-state index is 0.338. The van der Waals surface area contributed by atoms with Gasteiger partial charge in [-0.05, 0) is 39.0 Å². The fourth-order valence-electron chi connectivity index (χ4n) is 2.15. The van der Waals surface area contributed by atoms with Gasteiger partial charge in [-0.3, -0.25) is 0 Å². The normalized spacial score (nSPS) is 30.4. The Morgan fingerprint density at radius 3 is 2.73 bits per heavy atom. The standard InChI is InChI=1S/C12H23NO2/c1-9(13-10(2)11-3-4-11)7-15-12-5-6-14-8-12/h9-13H,3-8H2,1-2H3. The van der Waals surface area contributed by atoms with Gasteiger partial charge in [-0.1, -0.05) is 0 Å². The number of rotatable bonds is 6. The van der Waals surface area contributed by atoms with Crippen LogP contribution in [0.3, 0.4) is 0 Å². The van der Waals surface area contributed by atoms with Gasteiger partial charge in [-0.25, -0.2) is 0 Å². The Bertz CT molecular complexity index is 188. The van der Waals surface area contributed by atoms with E-state index in [4.69, 9.17) is 9.47 Å². The number of hydrogen-bond acceptors (Lipinski definition) is 3. The summed E-state index contributed by atoms with van der Waals surface area (Å²) in [4.78, 5) is 0. The van der Waals surface area contributed by atoms with Gasteiger partial charge in [0.05, 0.1) is 19.3 Å². The molecule has 3 heteroatoms. The van der Waals surface area contributed by atoms with Crippen LogP contribution >= 0.6 is 0 Å². The Kier molecular flexibility index (Phi) is 4.00. The smallest absolute Gasteiger partial charge is 0.0831 e. The molecule has 0 aromatic heterocycles. The molecule has 3 unspecified atom stereocenters. The summed E-state index contributed by atoms with van der Waals surface area (Å²) in [5.74, 6) is 0.919. The molecule has 1 N–H and O–H groups in total. The van der Waals surface area contributed by atoms with Gasteiger partial charge in [-0.15, -0.1) is 0 Å². The molecule has 3 atom stereocenters. The number of nitrogens with one attached hydrogen (secondary N) is 1. The largest absolute Gasteiger partial charge is 0.379 e. The van der Waals surface area contributed by atoms with Gasteiger partial charge in [0, 0.05) is 18.7 Å². The van der Waals surface area contributed by atoms with E-state index in [1.54, 1.807) is 0 Å². The molecule has 3 nitrogen and oxygen atoms in total. The Morgan fingerprint density at radius 1 is 1.33 bits per heavy atom. The minimum atomic E-state index is 0.338. The fourth-order valence-corrected chi connectivity index (χ4v) is 2.15. The second kappa shape index (κ2) is 5.28. The van der Waals surface area contributed by atoms with Crippen LogP contribution in [0.15, 0.2) is 0 Å². The summed E-state index contributed by atoms with van der Waals surface area (Å²) < 4.78 is 11.1. The van der Waals surface area contributed by atoms with Gasteiger partial charge in [0.15, 0.2) is 0 Å². The Hall–Kier alpha value is -0.120. The molecule has 2 rings (SSSR count). The van der Waals surface area contributed by atoms with Crippen LogP contribution in [0.2, 0.25) is 0 Å². The van der Waals surface area contributed by atoms with E-state index in [9.17, 15) is 0 Å². The average molecular weight is 213 g/mol. The first-order valence-corrected chi connectivity index (χ1v) is 6.21. The molecule has 0 aromatic rings. The molecule has 15 heavy (non-hydrogen) atoms. The minimum Gasteiger partial charge on any atom is -0.379 e. The molecule has 2 aliphatic rings. The van der Waals surface area contributed by atoms with Crippen LogP contribution in [0.4, 0.5) is 0 Å². The van der Waals surface area contributed by atoms with Crippen molar-refractivity contribution in [2.75, 3.05) is 19.8 Å². The molecule has 2 fully saturated rings. The molecule has 0 amide bonds. The van der Waals surface area contributed by atoms with Crippen molar-refractivity contribution in [2.45, 2.75) is 51.3 Å². The van der Waals surface area contributed by atoms with Crippen molar-refractivity contribution in [3.8, 4) is 0 Å². The van der Waals surface area contributed by atoms with E-state index in [-0.39, 0.29) is 0 Å². The number of hydrogen-bond donors (Lipinski definition) is 1. The molecule has 1 saturated carbocycles. The maximum atomic E-state index is 5.78. The van der Waals surface area contributed by atoms with E-state index in [1.807, 2.05) is 0 Å². The first-order chi connectivity index (χ1) is 7.25. The molecule has 88 valence electrons. The highest BCUT2D eigenvalue weighted by Gasteiger charge is 2.28. The molecule has 1 heterocycles. The molecule has 0 spiro atoms. The molecular formula is C12H23NO2. The monoisotopic (exact) mass is 213 g/mol. The van der Waals surface area contributed by atoms with Crippen molar-refractivity contribution in [1.29, 1.82) is 0 Å². The van der Waals surface area contributed by atoms with Crippen molar-refractivity contribution in [3.05, 3.63) is 0 Å². The lowest BCUT2D eigenvalue weighted by Crippen LogP contribution is -2.39. The first kappa shape index (κ1) is 11.4. The predicted molar refractivity (Wildman–Crippen MR) is 60.0 cm³/mol. The highest BCUT2D eigenvalue weighted by molar-refractivity contribution is 4.84. The zero-order valence-corrected chi connectivity index (χ0v) is 9.87. The van der Waals surface area contributed by atoms with Crippen LogP contribution in [-0.2, 0) is 9.47 Å². The highest BCUT2D eigenvalue weighted by Crippen LogP contribution is 2.32. The van der Waals surface area contributed by atoms with Crippen LogP contribution in [0.1, 0.15) is 33.1 Å². The van der Waals surface area contributed by atoms with Crippen molar-refractivity contribution < 1.29 is 9.47 Å². The maximum absolute atomic E-state index is 5.78. The SMILES string of the molecule is CC(COC1CCOC1)NC(C)C1CC1. The molecule has 1 saturated heterocycles. The van der Waals surface area contributed by atoms with Gasteiger partial charge >= 0.3 is 0 Å². The van der Waals surface area contributed by atoms with Gasteiger partial charge < -0.3 is 14.8 Å². The summed E-state index contributed by atoms with van der Waals surface area (Å²) in [7, 11) is 0. The molecule has 0 radical (unpaired) electrons. The lowest BCUT2D eigenvalue weighted by Gasteiger charge is -2.21. The third-order valence-corrected chi connectivity index (χ3v) is 3.35. The van der Waals surface area contributed by atoms with E-state index in [2.05, 4.69) is 19.2 Å². The second-order valence-electron chi connectivity index (χ2n) is 5.01. The van der Waals surface area contributed by atoms with E-state index >= 15 is 0 Å². The average Bonchev–Trinajstić information content (AvgIpc) is 2.93. The Morgan fingerprint density at radius 2 is 2.13 bits per heavy atom. The van der Waals surface area contributed by atoms with Crippen LogP contribution in [0.25, 0.3) is 0 Å². The van der Waals surface area contributed by atoms with E-state index < -0.39 is 0 Å². The first-order valence-electron chi connectivity index (χ1n) is 6.21. The lowest BCUT2D eigenvalue weighted by molar-refractivity contribution is 0.0308. The van der Waals surface area contributed by atoms with Crippen LogP contribution < -0.4 is 5.32 Å². The van der Waals surface area contributed by atoms with Crippen molar-refractivity contribution in [1.82, 2.24) is 5.32 Å². The van der Waals surface area contributed by atoms with Crippen molar-refractivity contribution in [2.24, 2.45) is 5.92 Å². The lowest BCUT2D eigenvalue weighted by atomic mass is 10.2. The number of ether oxygens (including phenoxy) is 2. The highest BCUT2D eigenvalue weighted by atomic mass is 16.5. The van der Waals surface area contributed by atoms with Gasteiger partial charge in [0.1, 0.15) is 0 Å². The summed E-state index contributed by atoms with van der Waals surface area (Å²) in [5, 5.41) is 3.60. The third kappa shape index (κ3) is 3.74.